The van der Waals surface area contributed by atoms with Crippen molar-refractivity contribution in [3.05, 3.63) is 34.9 Å². The van der Waals surface area contributed by atoms with Crippen LogP contribution in [0.25, 0.3) is 0 Å². The fraction of sp³-hybridized carbons (Fsp3) is 0.182. The predicted octanol–water partition coefficient (Wildman–Crippen LogP) is 2.97. The summed E-state index contributed by atoms with van der Waals surface area (Å²) >= 11 is 2.37. The van der Waals surface area contributed by atoms with Crippen molar-refractivity contribution in [2.45, 2.75) is 11.5 Å². The van der Waals surface area contributed by atoms with Crippen molar-refractivity contribution in [3.8, 4) is 6.07 Å². The lowest BCUT2D eigenvalue weighted by Crippen LogP contribution is -2.06. The number of halogens is 2. The first-order valence-corrected chi connectivity index (χ1v) is 6.96. The van der Waals surface area contributed by atoms with E-state index in [1.54, 1.807) is 0 Å². The number of rotatable bonds is 4. The summed E-state index contributed by atoms with van der Waals surface area (Å²) in [7, 11) is 0. The van der Waals surface area contributed by atoms with Crippen LogP contribution in [-0.4, -0.2) is 10.3 Å². The van der Waals surface area contributed by atoms with Gasteiger partial charge in [0.25, 0.3) is 0 Å². The molecule has 110 valence electrons. The maximum absolute atomic E-state index is 9.19. The molecule has 9 heteroatoms. The third-order valence-corrected chi connectivity index (χ3v) is 3.65. The number of benzene rings is 1. The van der Waals surface area contributed by atoms with Crippen LogP contribution in [0.2, 0.25) is 0 Å². The normalized spacial score (nSPS) is 8.75. The Labute approximate surface area is 147 Å². The summed E-state index contributed by atoms with van der Waals surface area (Å²) in [5.41, 5.74) is 12.8. The lowest BCUT2D eigenvalue weighted by molar-refractivity contribution is 1.28. The Morgan fingerprint density at radius 2 is 1.45 bits per heavy atom. The molecule has 0 aliphatic heterocycles. The molecule has 20 heavy (non-hydrogen) atoms. The Hall–Kier alpha value is -0.690. The van der Waals surface area contributed by atoms with E-state index in [0.717, 1.165) is 11.1 Å². The Balaban J connectivity index is 0. The highest BCUT2D eigenvalue weighted by Crippen LogP contribution is 2.22. The van der Waals surface area contributed by atoms with Crippen molar-refractivity contribution in [3.63, 3.8) is 0 Å². The zero-order valence-corrected chi connectivity index (χ0v) is 15.4. The van der Waals surface area contributed by atoms with Crippen molar-refractivity contribution < 1.29 is 0 Å². The second-order valence-corrected chi connectivity index (χ2v) is 5.40. The number of amidine groups is 2. The Morgan fingerprint density at radius 3 is 1.75 bits per heavy atom. The van der Waals surface area contributed by atoms with Gasteiger partial charge in [-0.15, -0.1) is 34.0 Å². The minimum Gasteiger partial charge on any atom is -0.379 e. The van der Waals surface area contributed by atoms with Crippen molar-refractivity contribution in [2.75, 3.05) is 0 Å². The molecule has 0 unspecified atom stereocenters. The molecule has 6 N–H and O–H groups in total. The molecule has 1 rings (SSSR count). The van der Waals surface area contributed by atoms with E-state index in [4.69, 9.17) is 22.3 Å². The van der Waals surface area contributed by atoms with E-state index < -0.39 is 0 Å². The van der Waals surface area contributed by atoms with Gasteiger partial charge in [-0.2, -0.15) is 5.26 Å². The summed E-state index contributed by atoms with van der Waals surface area (Å²) in [5.74, 6) is 0.994. The molecule has 0 saturated carbocycles. The molecule has 0 fully saturated rings. The Bertz CT molecular complexity index is 480. The van der Waals surface area contributed by atoms with E-state index in [1.807, 2.05) is 18.2 Å². The van der Waals surface area contributed by atoms with Crippen molar-refractivity contribution in [1.82, 2.24) is 0 Å². The fourth-order valence-electron chi connectivity index (χ4n) is 1.35. The van der Waals surface area contributed by atoms with Crippen LogP contribution in [0, 0.1) is 22.1 Å². The first-order chi connectivity index (χ1) is 8.54. The van der Waals surface area contributed by atoms with E-state index in [2.05, 4.69) is 6.07 Å². The molecule has 0 amide bonds. The van der Waals surface area contributed by atoms with Crippen molar-refractivity contribution >= 4 is 67.8 Å². The van der Waals surface area contributed by atoms with Gasteiger partial charge in [0.1, 0.15) is 0 Å². The zero-order valence-electron chi connectivity index (χ0n) is 10.4. The van der Waals surface area contributed by atoms with Crippen LogP contribution in [0.3, 0.4) is 0 Å². The molecule has 0 radical (unpaired) electrons. The average Bonchev–Trinajstić information content (AvgIpc) is 2.33. The van der Waals surface area contributed by atoms with Gasteiger partial charge in [0.2, 0.25) is 0 Å². The molecule has 0 bridgehead atoms. The van der Waals surface area contributed by atoms with Gasteiger partial charge < -0.3 is 11.5 Å². The SMILES string of the molecule is Br.Br.N#Cc1c(CSC(=N)N)cccc1CSC(=N)N. The second kappa shape index (κ2) is 11.0. The highest BCUT2D eigenvalue weighted by atomic mass is 79.9. The van der Waals surface area contributed by atoms with Crippen LogP contribution in [0.4, 0.5) is 0 Å². The fourth-order valence-corrected chi connectivity index (χ4v) is 2.45. The molecule has 0 atom stereocenters. The molecule has 0 aliphatic carbocycles. The number of hydrogen-bond donors (Lipinski definition) is 4. The third-order valence-electron chi connectivity index (χ3n) is 2.12. The molecule has 5 nitrogen and oxygen atoms in total. The zero-order chi connectivity index (χ0) is 13.5. The van der Waals surface area contributed by atoms with Gasteiger partial charge in [-0.3, -0.25) is 10.8 Å². The Kier molecular flexibility index (Phi) is 11.9. The van der Waals surface area contributed by atoms with Gasteiger partial charge in [0.15, 0.2) is 10.3 Å². The lowest BCUT2D eigenvalue weighted by atomic mass is 10.0. The topological polar surface area (TPSA) is 124 Å². The van der Waals surface area contributed by atoms with Gasteiger partial charge in [0, 0.05) is 11.5 Å². The smallest absolute Gasteiger partial charge is 0.151 e. The highest BCUT2D eigenvalue weighted by molar-refractivity contribution is 8.93. The second-order valence-electron chi connectivity index (χ2n) is 3.37. The van der Waals surface area contributed by atoms with Gasteiger partial charge in [-0.05, 0) is 11.1 Å². The summed E-state index contributed by atoms with van der Waals surface area (Å²) < 4.78 is 0. The molecular weight excluding hydrogens is 426 g/mol. The molecule has 0 saturated heterocycles. The minimum atomic E-state index is 0. The first-order valence-electron chi connectivity index (χ1n) is 4.99. The van der Waals surface area contributed by atoms with Crippen LogP contribution in [-0.2, 0) is 11.5 Å². The molecule has 1 aromatic rings. The molecule has 0 aromatic heterocycles. The standard InChI is InChI=1S/C11H13N5S2.2BrH/c12-4-9-7(5-17-10(13)14)2-1-3-8(9)6-18-11(15)16;;/h1-3H,5-6H2,(H3,13,14)(H3,15,16);2*1H. The molecule has 0 heterocycles. The van der Waals surface area contributed by atoms with Crippen LogP contribution >= 0.6 is 57.5 Å². The molecule has 0 aliphatic rings. The molecule has 0 spiro atoms. The van der Waals surface area contributed by atoms with Gasteiger partial charge in [0.05, 0.1) is 11.6 Å². The van der Waals surface area contributed by atoms with Gasteiger partial charge >= 0.3 is 0 Å². The number of nitriles is 1. The predicted molar refractivity (Wildman–Crippen MR) is 98.2 cm³/mol. The quantitative estimate of drug-likeness (QED) is 0.423. The monoisotopic (exact) mass is 439 g/mol. The van der Waals surface area contributed by atoms with E-state index in [1.165, 1.54) is 23.5 Å². The first kappa shape index (κ1) is 21.6. The van der Waals surface area contributed by atoms with Crippen LogP contribution in [0.5, 0.6) is 0 Å². The van der Waals surface area contributed by atoms with E-state index >= 15 is 0 Å². The van der Waals surface area contributed by atoms with Crippen LogP contribution in [0.15, 0.2) is 18.2 Å². The number of nitrogens with one attached hydrogen (secondary N) is 2. The summed E-state index contributed by atoms with van der Waals surface area (Å²) in [5, 5.41) is 23.6. The summed E-state index contributed by atoms with van der Waals surface area (Å²) in [6.07, 6.45) is 0. The summed E-state index contributed by atoms with van der Waals surface area (Å²) in [6.45, 7) is 0. The van der Waals surface area contributed by atoms with E-state index in [0.29, 0.717) is 17.1 Å². The van der Waals surface area contributed by atoms with E-state index in [9.17, 15) is 5.26 Å². The minimum absolute atomic E-state index is 0. The van der Waals surface area contributed by atoms with Gasteiger partial charge in [-0.1, -0.05) is 41.7 Å². The number of nitrogens with two attached hydrogens (primary N) is 2. The van der Waals surface area contributed by atoms with Crippen LogP contribution < -0.4 is 11.5 Å². The third kappa shape index (κ3) is 7.19. The largest absolute Gasteiger partial charge is 0.379 e. The Morgan fingerprint density at radius 1 is 1.05 bits per heavy atom. The summed E-state index contributed by atoms with van der Waals surface area (Å²) in [4.78, 5) is 0. The lowest BCUT2D eigenvalue weighted by Gasteiger charge is -2.08. The molecule has 1 aromatic carbocycles. The highest BCUT2D eigenvalue weighted by Gasteiger charge is 2.09. The average molecular weight is 441 g/mol. The van der Waals surface area contributed by atoms with Crippen molar-refractivity contribution in [2.24, 2.45) is 11.5 Å². The van der Waals surface area contributed by atoms with Gasteiger partial charge in [-0.25, -0.2) is 0 Å². The summed E-state index contributed by atoms with van der Waals surface area (Å²) in [6, 6.07) is 7.70. The molecular formula is C11H15Br2N5S2. The maximum atomic E-state index is 9.19. The number of thioether (sulfide) groups is 2. The van der Waals surface area contributed by atoms with E-state index in [-0.39, 0.29) is 44.3 Å². The van der Waals surface area contributed by atoms with Crippen LogP contribution in [0.1, 0.15) is 16.7 Å². The number of hydrogen-bond acceptors (Lipinski definition) is 5. The number of nitrogens with zero attached hydrogens (tertiary/aromatic N) is 1. The van der Waals surface area contributed by atoms with Crippen molar-refractivity contribution in [1.29, 1.82) is 16.1 Å². The maximum Gasteiger partial charge on any atom is 0.151 e.